The zero-order chi connectivity index (χ0) is 40.7. The van der Waals surface area contributed by atoms with Gasteiger partial charge >= 0.3 is 17.9 Å². The Morgan fingerprint density at radius 2 is 1.11 bits per heavy atom. The minimum Gasteiger partial charge on any atom is -0.481 e. The molecule has 0 saturated heterocycles. The average Bonchev–Trinajstić information content (AvgIpc) is 3.07. The van der Waals surface area contributed by atoms with E-state index in [4.69, 9.17) is 32.8 Å². The summed E-state index contributed by atoms with van der Waals surface area (Å²) in [5.41, 5.74) is 16.5. The second kappa shape index (κ2) is 25.4. The lowest BCUT2D eigenvalue weighted by atomic mass is 10.1. The van der Waals surface area contributed by atoms with E-state index in [9.17, 15) is 48.3 Å². The second-order valence-electron chi connectivity index (χ2n) is 12.0. The first-order chi connectivity index (χ1) is 24.8. The summed E-state index contributed by atoms with van der Waals surface area (Å²) in [6, 6.07) is -7.71. The molecule has 0 spiro atoms. The molecule has 300 valence electrons. The quantitative estimate of drug-likeness (QED) is 0.0212. The molecule has 0 bridgehead atoms. The zero-order valence-corrected chi connectivity index (χ0v) is 29.7. The summed E-state index contributed by atoms with van der Waals surface area (Å²) in [6.45, 7) is 2.32. The van der Waals surface area contributed by atoms with Gasteiger partial charge in [0.1, 0.15) is 30.2 Å². The van der Waals surface area contributed by atoms with Gasteiger partial charge in [-0.2, -0.15) is 0 Å². The molecule has 0 aromatic rings. The number of unbranched alkanes of at least 4 members (excludes halogenated alkanes) is 1. The Morgan fingerprint density at radius 3 is 1.64 bits per heavy atom. The van der Waals surface area contributed by atoms with Crippen LogP contribution in [0.5, 0.6) is 0 Å². The predicted molar refractivity (Wildman–Crippen MR) is 185 cm³/mol. The van der Waals surface area contributed by atoms with E-state index < -0.39 is 109 Å². The topological polar surface area (TPSA) is 400 Å². The summed E-state index contributed by atoms with van der Waals surface area (Å²) < 4.78 is 0. The molecule has 0 aliphatic rings. The number of carboxylic acid groups (broad SMARTS) is 3. The number of rotatable bonds is 27. The van der Waals surface area contributed by atoms with E-state index in [1.807, 2.05) is 0 Å². The fourth-order valence-corrected chi connectivity index (χ4v) is 4.39. The highest BCUT2D eigenvalue weighted by Gasteiger charge is 2.29. The van der Waals surface area contributed by atoms with Crippen molar-refractivity contribution in [2.75, 3.05) is 19.6 Å². The first-order valence-electron chi connectivity index (χ1n) is 16.8. The lowest BCUT2D eigenvalue weighted by Gasteiger charge is -2.23. The van der Waals surface area contributed by atoms with Crippen LogP contribution in [0.3, 0.4) is 0 Å². The molecule has 53 heavy (non-hydrogen) atoms. The first kappa shape index (κ1) is 47.4. The van der Waals surface area contributed by atoms with E-state index >= 15 is 0 Å². The predicted octanol–water partition coefficient (Wildman–Crippen LogP) is -4.90. The molecule has 0 aromatic heterocycles. The van der Waals surface area contributed by atoms with Gasteiger partial charge < -0.3 is 69.7 Å². The van der Waals surface area contributed by atoms with Gasteiger partial charge in [-0.1, -0.05) is 0 Å². The molecule has 6 atom stereocenters. The number of carbonyl (C=O) groups excluding carboxylic acids is 6. The second-order valence-corrected chi connectivity index (χ2v) is 12.0. The maximum absolute atomic E-state index is 13.1. The molecular weight excluding hydrogens is 706 g/mol. The van der Waals surface area contributed by atoms with Crippen LogP contribution >= 0.6 is 0 Å². The third-order valence-corrected chi connectivity index (χ3v) is 7.41. The van der Waals surface area contributed by atoms with E-state index in [1.54, 1.807) is 0 Å². The fraction of sp³-hybridized carbons (Fsp3) is 0.667. The van der Waals surface area contributed by atoms with Crippen LogP contribution in [0.4, 0.5) is 0 Å². The van der Waals surface area contributed by atoms with Crippen molar-refractivity contribution in [1.82, 2.24) is 37.2 Å². The third-order valence-electron chi connectivity index (χ3n) is 7.41. The number of carbonyl (C=O) groups is 9. The van der Waals surface area contributed by atoms with Crippen molar-refractivity contribution in [3.05, 3.63) is 0 Å². The van der Waals surface area contributed by atoms with Crippen molar-refractivity contribution < 1.29 is 58.5 Å². The molecule has 0 aromatic carbocycles. The Hall–Kier alpha value is -5.58. The molecule has 0 saturated carbocycles. The molecule has 0 rings (SSSR count). The Balaban J connectivity index is 5.55. The van der Waals surface area contributed by atoms with Crippen LogP contribution in [-0.2, 0) is 43.2 Å². The van der Waals surface area contributed by atoms with Gasteiger partial charge in [0.05, 0.1) is 12.6 Å². The number of hydrogen-bond acceptors (Lipinski definition) is 12. The number of amides is 6. The van der Waals surface area contributed by atoms with Gasteiger partial charge in [-0.05, 0) is 65.3 Å². The molecule has 23 nitrogen and oxygen atoms in total. The molecule has 0 radical (unpaired) electrons. The Kier molecular flexibility index (Phi) is 22.7. The van der Waals surface area contributed by atoms with Gasteiger partial charge in [0.25, 0.3) is 0 Å². The van der Waals surface area contributed by atoms with Gasteiger partial charge in [-0.25, -0.2) is 4.79 Å². The van der Waals surface area contributed by atoms with E-state index in [-0.39, 0.29) is 44.6 Å². The largest absolute Gasteiger partial charge is 0.481 e. The summed E-state index contributed by atoms with van der Waals surface area (Å²) >= 11 is 0. The molecule has 0 heterocycles. The lowest BCUT2D eigenvalue weighted by Crippen LogP contribution is -2.57. The molecule has 0 aliphatic carbocycles. The highest BCUT2D eigenvalue weighted by atomic mass is 16.4. The number of hydrogen-bond donors (Lipinski definition) is 14. The number of carboxylic acids is 3. The van der Waals surface area contributed by atoms with Crippen LogP contribution in [0.2, 0.25) is 0 Å². The SMILES string of the molecule is C[C@H](NC(=O)[C@H](CCCNC(=N)N)NC(=O)CNC(=O)[C@H](CCCCN)NC(=O)[C@H](C)NC(=O)[C@@H](N)CCC(=O)O)C(=O)N[C@@H](CCC(=O)O)C(=O)O. The van der Waals surface area contributed by atoms with Crippen LogP contribution in [0.1, 0.15) is 71.6 Å². The van der Waals surface area contributed by atoms with Crippen LogP contribution < -0.4 is 54.4 Å². The fourth-order valence-electron chi connectivity index (χ4n) is 4.39. The Bertz CT molecular complexity index is 1320. The highest BCUT2D eigenvalue weighted by molar-refractivity contribution is 5.96. The minimum atomic E-state index is -1.55. The molecule has 0 unspecified atom stereocenters. The minimum absolute atomic E-state index is 0.0438. The van der Waals surface area contributed by atoms with Gasteiger partial charge in [0.15, 0.2) is 5.96 Å². The van der Waals surface area contributed by atoms with Crippen molar-refractivity contribution in [3.8, 4) is 0 Å². The van der Waals surface area contributed by atoms with Crippen LogP contribution in [0.15, 0.2) is 0 Å². The van der Waals surface area contributed by atoms with E-state index in [1.165, 1.54) is 13.8 Å². The van der Waals surface area contributed by atoms with E-state index in [0.29, 0.717) is 19.4 Å². The van der Waals surface area contributed by atoms with Gasteiger partial charge in [-0.3, -0.25) is 43.8 Å². The Morgan fingerprint density at radius 1 is 0.604 bits per heavy atom. The summed E-state index contributed by atoms with van der Waals surface area (Å²) in [6.07, 6.45) is -0.345. The van der Waals surface area contributed by atoms with Gasteiger partial charge in [0, 0.05) is 19.4 Å². The van der Waals surface area contributed by atoms with Crippen molar-refractivity contribution in [2.24, 2.45) is 17.2 Å². The number of nitrogens with two attached hydrogens (primary N) is 3. The highest BCUT2D eigenvalue weighted by Crippen LogP contribution is 2.04. The van der Waals surface area contributed by atoms with Gasteiger partial charge in [0.2, 0.25) is 35.4 Å². The van der Waals surface area contributed by atoms with Crippen LogP contribution in [0, 0.1) is 5.41 Å². The van der Waals surface area contributed by atoms with E-state index in [0.717, 1.165) is 0 Å². The first-order valence-corrected chi connectivity index (χ1v) is 16.8. The van der Waals surface area contributed by atoms with Crippen LogP contribution in [-0.4, -0.2) is 131 Å². The van der Waals surface area contributed by atoms with Gasteiger partial charge in [-0.15, -0.1) is 0 Å². The zero-order valence-electron chi connectivity index (χ0n) is 29.7. The molecule has 0 aliphatic heterocycles. The summed E-state index contributed by atoms with van der Waals surface area (Å²) in [5.74, 6) is -9.24. The number of aliphatic carboxylic acids is 3. The maximum Gasteiger partial charge on any atom is 0.326 e. The smallest absolute Gasteiger partial charge is 0.326 e. The van der Waals surface area contributed by atoms with Crippen molar-refractivity contribution in [2.45, 2.75) is 108 Å². The monoisotopic (exact) mass is 759 g/mol. The van der Waals surface area contributed by atoms with Crippen LogP contribution in [0.25, 0.3) is 0 Å². The Labute approximate surface area is 305 Å². The summed E-state index contributed by atoms with van der Waals surface area (Å²) in [4.78, 5) is 110. The molecule has 6 amide bonds. The summed E-state index contributed by atoms with van der Waals surface area (Å²) in [7, 11) is 0. The molecule has 23 heteroatoms. The molecule has 17 N–H and O–H groups in total. The van der Waals surface area contributed by atoms with Crippen molar-refractivity contribution >= 4 is 59.3 Å². The van der Waals surface area contributed by atoms with E-state index in [2.05, 4.69) is 37.2 Å². The number of guanidine groups is 1. The maximum atomic E-state index is 13.1. The molecule has 0 fully saturated rings. The van der Waals surface area contributed by atoms with Crippen molar-refractivity contribution in [3.63, 3.8) is 0 Å². The van der Waals surface area contributed by atoms with Crippen molar-refractivity contribution in [1.29, 1.82) is 5.41 Å². The normalized spacial score (nSPS) is 14.0. The lowest BCUT2D eigenvalue weighted by molar-refractivity contribution is -0.143. The standard InChI is InChI=1S/C30H53N11O12/c1-15(37-26(49)17(32)8-10-22(43)44)24(47)40-18(6-3-4-12-31)27(50)36-14-21(42)39-19(7-5-13-35-30(33)34)28(51)38-16(2)25(48)41-20(29(52)53)9-11-23(45)46/h15-20H,3-14,31-32H2,1-2H3,(H,36,50)(H,37,49)(H,38,51)(H,39,42)(H,40,47)(H,41,48)(H,43,44)(H,45,46)(H,52,53)(H4,33,34,35)/t15-,16-,17-,18-,19-,20-/m0/s1. The third kappa shape index (κ3) is 21.4. The average molecular weight is 760 g/mol. The molecular formula is C30H53N11O12. The number of nitrogens with one attached hydrogen (secondary N) is 8. The summed E-state index contributed by atoms with van der Waals surface area (Å²) in [5, 5.41) is 50.8.